The summed E-state index contributed by atoms with van der Waals surface area (Å²) in [6, 6.07) is 8.24. The van der Waals surface area contributed by atoms with Crippen LogP contribution in [0.1, 0.15) is 60.7 Å². The highest BCUT2D eigenvalue weighted by Crippen LogP contribution is 2.31. The van der Waals surface area contributed by atoms with Crippen molar-refractivity contribution in [3.8, 4) is 11.3 Å². The van der Waals surface area contributed by atoms with Gasteiger partial charge in [0, 0.05) is 49.3 Å². The molecule has 0 fully saturated rings. The predicted octanol–water partition coefficient (Wildman–Crippen LogP) is 3.80. The van der Waals surface area contributed by atoms with Gasteiger partial charge in [-0.3, -0.25) is 9.48 Å². The molecule has 1 aliphatic heterocycles. The fraction of sp³-hybridized carbons (Fsp3) is 0.385. The molecule has 1 aromatic carbocycles. The second-order valence-electron chi connectivity index (χ2n) is 10.2. The lowest BCUT2D eigenvalue weighted by Gasteiger charge is -2.17. The first-order valence-electron chi connectivity index (χ1n) is 12.1. The van der Waals surface area contributed by atoms with Crippen molar-refractivity contribution < 1.29 is 9.32 Å². The Morgan fingerprint density at radius 2 is 2.11 bits per heavy atom. The monoisotopic (exact) mass is 486 g/mol. The number of rotatable bonds is 6. The van der Waals surface area contributed by atoms with Crippen molar-refractivity contribution >= 4 is 17.4 Å². The Morgan fingerprint density at radius 1 is 1.25 bits per heavy atom. The quantitative estimate of drug-likeness (QED) is 0.392. The van der Waals surface area contributed by atoms with Gasteiger partial charge in [0.2, 0.25) is 23.4 Å². The van der Waals surface area contributed by atoms with Crippen molar-refractivity contribution in [2.75, 3.05) is 18.4 Å². The molecule has 2 N–H and O–H groups in total. The minimum atomic E-state index is -0.299. The van der Waals surface area contributed by atoms with Gasteiger partial charge >= 0.3 is 0 Å². The third-order valence-corrected chi connectivity index (χ3v) is 6.21. The fourth-order valence-electron chi connectivity index (χ4n) is 4.32. The van der Waals surface area contributed by atoms with Gasteiger partial charge in [0.1, 0.15) is 0 Å². The number of hydrogen-bond acceptors (Lipinski definition) is 9. The SMILES string of the molecule is Cn1cc(Nc2nccc(-c3ccc4c(c3)CCNCC4CC(=O)c3noc(C(C)(C)C)n3)n2)cn1. The van der Waals surface area contributed by atoms with E-state index in [1.807, 2.05) is 40.1 Å². The summed E-state index contributed by atoms with van der Waals surface area (Å²) in [5, 5.41) is 14.8. The number of carbonyl (C=O) groups is 1. The van der Waals surface area contributed by atoms with E-state index in [-0.39, 0.29) is 22.9 Å². The number of nitrogens with one attached hydrogen (secondary N) is 2. The number of fused-ring (bicyclic) bond motifs is 1. The van der Waals surface area contributed by atoms with Gasteiger partial charge in [-0.05, 0) is 36.2 Å². The fourth-order valence-corrected chi connectivity index (χ4v) is 4.32. The minimum absolute atomic E-state index is 0.0221. The molecule has 0 radical (unpaired) electrons. The summed E-state index contributed by atoms with van der Waals surface area (Å²) < 4.78 is 7.05. The Labute approximate surface area is 209 Å². The van der Waals surface area contributed by atoms with Crippen LogP contribution >= 0.6 is 0 Å². The molecular formula is C26H30N8O2. The van der Waals surface area contributed by atoms with Gasteiger partial charge in [0.05, 0.1) is 17.6 Å². The topological polar surface area (TPSA) is 124 Å². The zero-order valence-electron chi connectivity index (χ0n) is 20.9. The Hall–Kier alpha value is -3.92. The van der Waals surface area contributed by atoms with E-state index < -0.39 is 0 Å². The molecule has 10 nitrogen and oxygen atoms in total. The molecule has 0 saturated carbocycles. The van der Waals surface area contributed by atoms with Crippen LogP contribution < -0.4 is 10.6 Å². The molecule has 0 bridgehead atoms. The summed E-state index contributed by atoms with van der Waals surface area (Å²) in [7, 11) is 1.86. The van der Waals surface area contributed by atoms with E-state index in [0.29, 0.717) is 18.3 Å². The Kier molecular flexibility index (Phi) is 6.36. The average molecular weight is 487 g/mol. The maximum Gasteiger partial charge on any atom is 0.238 e. The van der Waals surface area contributed by atoms with Crippen LogP contribution in [0.5, 0.6) is 0 Å². The molecule has 4 heterocycles. The normalized spacial score (nSPS) is 15.8. The lowest BCUT2D eigenvalue weighted by Crippen LogP contribution is -2.22. The zero-order valence-corrected chi connectivity index (χ0v) is 20.9. The van der Waals surface area contributed by atoms with E-state index in [4.69, 9.17) is 9.51 Å². The van der Waals surface area contributed by atoms with Gasteiger partial charge in [0.25, 0.3) is 0 Å². The maximum absolute atomic E-state index is 13.0. The highest BCUT2D eigenvalue weighted by molar-refractivity contribution is 5.93. The summed E-state index contributed by atoms with van der Waals surface area (Å²) in [6.07, 6.45) is 6.52. The standard InChI is InChI=1S/C26H30N8O2/c1-26(2,3)24-32-23(33-36-24)22(35)12-18-13-27-9-7-16-11-17(5-6-20(16)18)21-8-10-28-25(31-21)30-19-14-29-34(4)15-19/h5-6,8,10-11,14-15,18,27H,7,9,12-13H2,1-4H3,(H,28,30,31). The molecule has 0 spiro atoms. The number of hydrogen-bond donors (Lipinski definition) is 2. The van der Waals surface area contributed by atoms with Crippen LogP contribution in [0, 0.1) is 0 Å². The third kappa shape index (κ3) is 5.18. The number of ketones is 1. The Balaban J connectivity index is 1.36. The van der Waals surface area contributed by atoms with Gasteiger partial charge in [-0.1, -0.05) is 38.1 Å². The summed E-state index contributed by atoms with van der Waals surface area (Å²) in [4.78, 5) is 26.4. The second kappa shape index (κ2) is 9.62. The molecule has 0 aliphatic carbocycles. The van der Waals surface area contributed by atoms with Crippen molar-refractivity contribution in [1.29, 1.82) is 0 Å². The number of aryl methyl sites for hydroxylation is 1. The number of aromatic nitrogens is 6. The van der Waals surface area contributed by atoms with Crippen LogP contribution in [-0.2, 0) is 18.9 Å². The van der Waals surface area contributed by atoms with Crippen LogP contribution in [0.2, 0.25) is 0 Å². The molecule has 36 heavy (non-hydrogen) atoms. The van der Waals surface area contributed by atoms with Crippen molar-refractivity contribution in [3.63, 3.8) is 0 Å². The van der Waals surface area contributed by atoms with Crippen molar-refractivity contribution in [3.05, 3.63) is 65.7 Å². The van der Waals surface area contributed by atoms with Gasteiger partial charge in [0.15, 0.2) is 0 Å². The second-order valence-corrected chi connectivity index (χ2v) is 10.2. The van der Waals surface area contributed by atoms with Gasteiger partial charge in [-0.15, -0.1) is 0 Å². The lowest BCUT2D eigenvalue weighted by atomic mass is 9.88. The van der Waals surface area contributed by atoms with Crippen molar-refractivity contribution in [2.24, 2.45) is 7.05 Å². The molecule has 0 amide bonds. The Morgan fingerprint density at radius 3 is 2.86 bits per heavy atom. The molecule has 4 aromatic rings. The molecule has 3 aromatic heterocycles. The zero-order chi connectivity index (χ0) is 25.3. The summed E-state index contributed by atoms with van der Waals surface area (Å²) >= 11 is 0. The predicted molar refractivity (Wildman–Crippen MR) is 135 cm³/mol. The first-order chi connectivity index (χ1) is 17.3. The Bertz CT molecular complexity index is 1380. The van der Waals surface area contributed by atoms with Crippen molar-refractivity contribution in [1.82, 2.24) is 35.2 Å². The largest absolute Gasteiger partial charge is 0.338 e. The first-order valence-corrected chi connectivity index (χ1v) is 12.1. The highest BCUT2D eigenvalue weighted by Gasteiger charge is 2.27. The van der Waals surface area contributed by atoms with E-state index in [1.54, 1.807) is 17.1 Å². The number of benzene rings is 1. The molecular weight excluding hydrogens is 456 g/mol. The molecule has 0 saturated heterocycles. The average Bonchev–Trinajstić information content (AvgIpc) is 3.46. The van der Waals surface area contributed by atoms with Crippen LogP contribution in [0.25, 0.3) is 11.3 Å². The highest BCUT2D eigenvalue weighted by atomic mass is 16.5. The number of anilines is 2. The van der Waals surface area contributed by atoms with Gasteiger partial charge in [-0.2, -0.15) is 10.1 Å². The number of Topliss-reactive ketones (excluding diaryl/α,β-unsaturated/α-hetero) is 1. The molecule has 186 valence electrons. The van der Waals surface area contributed by atoms with E-state index in [9.17, 15) is 4.79 Å². The van der Waals surface area contributed by atoms with E-state index >= 15 is 0 Å². The number of nitrogens with zero attached hydrogens (tertiary/aromatic N) is 6. The minimum Gasteiger partial charge on any atom is -0.338 e. The van der Waals surface area contributed by atoms with Crippen LogP contribution in [0.4, 0.5) is 11.6 Å². The third-order valence-electron chi connectivity index (χ3n) is 6.21. The molecule has 1 unspecified atom stereocenters. The van der Waals surface area contributed by atoms with Gasteiger partial charge < -0.3 is 15.2 Å². The van der Waals surface area contributed by atoms with Crippen LogP contribution in [0.3, 0.4) is 0 Å². The smallest absolute Gasteiger partial charge is 0.238 e. The summed E-state index contributed by atoms with van der Waals surface area (Å²) in [6.45, 7) is 7.50. The lowest BCUT2D eigenvalue weighted by molar-refractivity contribution is 0.0960. The molecule has 1 aliphatic rings. The van der Waals surface area contributed by atoms with E-state index in [0.717, 1.165) is 36.5 Å². The van der Waals surface area contributed by atoms with Crippen LogP contribution in [0.15, 0.2) is 47.4 Å². The van der Waals surface area contributed by atoms with E-state index in [1.165, 1.54) is 11.1 Å². The maximum atomic E-state index is 13.0. The molecule has 1 atom stereocenters. The summed E-state index contributed by atoms with van der Waals surface area (Å²) in [5.74, 6) is 1.04. The van der Waals surface area contributed by atoms with Gasteiger partial charge in [-0.25, -0.2) is 9.97 Å². The van der Waals surface area contributed by atoms with E-state index in [2.05, 4.69) is 49.1 Å². The number of carbonyl (C=O) groups excluding carboxylic acids is 1. The van der Waals surface area contributed by atoms with Crippen molar-refractivity contribution in [2.45, 2.75) is 44.9 Å². The van der Waals surface area contributed by atoms with Crippen LogP contribution in [-0.4, -0.2) is 48.8 Å². The first kappa shape index (κ1) is 23.8. The molecule has 10 heteroatoms. The summed E-state index contributed by atoms with van der Waals surface area (Å²) in [5.41, 5.74) is 4.73. The molecule has 5 rings (SSSR count).